The number of carbonyl (C=O) groups excluding carboxylic acids is 2. The van der Waals surface area contributed by atoms with Gasteiger partial charge in [-0.3, -0.25) is 9.59 Å². The molecule has 0 fully saturated rings. The molecule has 2 aliphatic rings. The van der Waals surface area contributed by atoms with E-state index < -0.39 is 23.1 Å². The van der Waals surface area contributed by atoms with Crippen molar-refractivity contribution in [2.45, 2.75) is 46.2 Å². The number of nitrogens with zero attached hydrogens (tertiary/aromatic N) is 2. The van der Waals surface area contributed by atoms with Crippen LogP contribution in [0.1, 0.15) is 45.6 Å². The van der Waals surface area contributed by atoms with Crippen molar-refractivity contribution in [3.05, 3.63) is 76.8 Å². The van der Waals surface area contributed by atoms with Crippen LogP contribution in [0.25, 0.3) is 0 Å². The van der Waals surface area contributed by atoms with Crippen LogP contribution in [0, 0.1) is 5.41 Å². The zero-order valence-corrected chi connectivity index (χ0v) is 18.6. The molecule has 4 rings (SSSR count). The van der Waals surface area contributed by atoms with E-state index in [-0.39, 0.29) is 29.9 Å². The summed E-state index contributed by atoms with van der Waals surface area (Å²) in [6.07, 6.45) is -2.31. The van der Waals surface area contributed by atoms with Crippen LogP contribution in [0.2, 0.25) is 0 Å². The summed E-state index contributed by atoms with van der Waals surface area (Å²) in [7, 11) is 0. The number of allylic oxidation sites excluding steroid dienone is 3. The molecular weight excluding hydrogens is 431 g/mol. The van der Waals surface area contributed by atoms with Gasteiger partial charge >= 0.3 is 6.18 Å². The molecule has 1 amide bonds. The van der Waals surface area contributed by atoms with E-state index in [0.29, 0.717) is 29.2 Å². The van der Waals surface area contributed by atoms with Gasteiger partial charge in [-0.05, 0) is 43.0 Å². The third-order valence-electron chi connectivity index (χ3n) is 6.00. The Balaban J connectivity index is 1.87. The van der Waals surface area contributed by atoms with Gasteiger partial charge in [-0.25, -0.2) is 4.98 Å². The summed E-state index contributed by atoms with van der Waals surface area (Å²) in [5, 5.41) is 2.69. The van der Waals surface area contributed by atoms with Gasteiger partial charge in [-0.1, -0.05) is 32.0 Å². The van der Waals surface area contributed by atoms with Crippen LogP contribution in [0.15, 0.2) is 71.2 Å². The molecule has 5 nitrogen and oxygen atoms in total. The number of benzene rings is 1. The Morgan fingerprint density at radius 3 is 2.45 bits per heavy atom. The van der Waals surface area contributed by atoms with Crippen molar-refractivity contribution in [2.24, 2.45) is 5.41 Å². The number of pyridine rings is 1. The molecule has 1 aromatic heterocycles. The third-order valence-corrected chi connectivity index (χ3v) is 6.00. The van der Waals surface area contributed by atoms with Crippen LogP contribution in [0.4, 0.5) is 24.7 Å². The molecule has 2 aromatic rings. The van der Waals surface area contributed by atoms with Crippen LogP contribution in [0.5, 0.6) is 0 Å². The van der Waals surface area contributed by atoms with E-state index in [1.165, 1.54) is 29.3 Å². The number of nitrogens with one attached hydrogen (secondary N) is 1. The standard InChI is InChI=1S/C25H24F3N3O2/c1-15-16(23(33)30-22-10-6-7-11-29-22)12-17-20(13-24(2,3)14-21(17)32)31(15)19-9-5-4-8-18(19)25(26,27)28/h4-11H,12-14H2,1-3H3,(H,29,30,33). The fourth-order valence-electron chi connectivity index (χ4n) is 4.49. The van der Waals surface area contributed by atoms with Crippen molar-refractivity contribution in [1.29, 1.82) is 0 Å². The Morgan fingerprint density at radius 2 is 1.79 bits per heavy atom. The molecule has 8 heteroatoms. The van der Waals surface area contributed by atoms with E-state index in [0.717, 1.165) is 6.07 Å². The van der Waals surface area contributed by atoms with Crippen molar-refractivity contribution < 1.29 is 22.8 Å². The second kappa shape index (κ2) is 8.17. The van der Waals surface area contributed by atoms with Gasteiger partial charge in [0, 0.05) is 41.6 Å². The molecule has 0 spiro atoms. The predicted molar refractivity (Wildman–Crippen MR) is 119 cm³/mol. The molecule has 1 aromatic carbocycles. The van der Waals surface area contributed by atoms with Crippen LogP contribution in [-0.4, -0.2) is 16.7 Å². The van der Waals surface area contributed by atoms with Gasteiger partial charge in [0.25, 0.3) is 5.91 Å². The van der Waals surface area contributed by atoms with Gasteiger partial charge in [0.05, 0.1) is 11.3 Å². The summed E-state index contributed by atoms with van der Waals surface area (Å²) in [5.74, 6) is -0.322. The summed E-state index contributed by atoms with van der Waals surface area (Å²) in [6, 6.07) is 10.3. The Labute approximate surface area is 190 Å². The van der Waals surface area contributed by atoms with E-state index in [9.17, 15) is 22.8 Å². The maximum atomic E-state index is 13.9. The van der Waals surface area contributed by atoms with Gasteiger partial charge in [-0.2, -0.15) is 13.2 Å². The van der Waals surface area contributed by atoms with E-state index in [2.05, 4.69) is 10.3 Å². The number of amides is 1. The van der Waals surface area contributed by atoms with E-state index in [1.807, 2.05) is 13.8 Å². The topological polar surface area (TPSA) is 62.3 Å². The largest absolute Gasteiger partial charge is 0.418 e. The Kier molecular flexibility index (Phi) is 5.64. The monoisotopic (exact) mass is 455 g/mol. The fourth-order valence-corrected chi connectivity index (χ4v) is 4.49. The molecule has 0 radical (unpaired) electrons. The highest BCUT2D eigenvalue weighted by molar-refractivity contribution is 6.08. The minimum atomic E-state index is -4.60. The van der Waals surface area contributed by atoms with Crippen LogP contribution in [0.3, 0.4) is 0 Å². The molecule has 0 atom stereocenters. The number of Topliss-reactive ketones (excluding diaryl/α,β-unsaturated/α-hetero) is 1. The SMILES string of the molecule is CC1=C(C(=O)Nc2ccccn2)CC2=C(CC(C)(C)CC2=O)N1c1ccccc1C(F)(F)F. The van der Waals surface area contributed by atoms with Crippen LogP contribution in [-0.2, 0) is 15.8 Å². The van der Waals surface area contributed by atoms with Gasteiger partial charge in [-0.15, -0.1) is 0 Å². The smallest absolute Gasteiger partial charge is 0.317 e. The number of rotatable bonds is 3. The number of ketones is 1. The first-order chi connectivity index (χ1) is 15.5. The zero-order chi connectivity index (χ0) is 24.0. The van der Waals surface area contributed by atoms with E-state index >= 15 is 0 Å². The lowest BCUT2D eigenvalue weighted by Crippen LogP contribution is -2.39. The number of hydrogen-bond donors (Lipinski definition) is 1. The van der Waals surface area contributed by atoms with Crippen molar-refractivity contribution in [2.75, 3.05) is 10.2 Å². The number of halogens is 3. The molecular formula is C25H24F3N3O2. The average Bonchev–Trinajstić information content (AvgIpc) is 2.73. The molecule has 2 heterocycles. The summed E-state index contributed by atoms with van der Waals surface area (Å²) in [5.41, 5.74) is 0.202. The molecule has 33 heavy (non-hydrogen) atoms. The summed E-state index contributed by atoms with van der Waals surface area (Å²) in [6.45, 7) is 5.46. The summed E-state index contributed by atoms with van der Waals surface area (Å²) >= 11 is 0. The highest BCUT2D eigenvalue weighted by atomic mass is 19.4. The highest BCUT2D eigenvalue weighted by Gasteiger charge is 2.42. The Hall–Kier alpha value is -3.42. The lowest BCUT2D eigenvalue weighted by Gasteiger charge is -2.42. The first-order valence-corrected chi connectivity index (χ1v) is 10.6. The molecule has 1 N–H and O–H groups in total. The second-order valence-electron chi connectivity index (χ2n) is 9.13. The van der Waals surface area contributed by atoms with Gasteiger partial charge in [0.15, 0.2) is 5.78 Å². The van der Waals surface area contributed by atoms with Crippen molar-refractivity contribution in [1.82, 2.24) is 4.98 Å². The fraction of sp³-hybridized carbons (Fsp3) is 0.320. The van der Waals surface area contributed by atoms with Gasteiger partial charge in [0.1, 0.15) is 5.82 Å². The first kappa shape index (κ1) is 22.8. The molecule has 0 saturated carbocycles. The highest BCUT2D eigenvalue weighted by Crippen LogP contribution is 2.48. The maximum absolute atomic E-state index is 13.9. The molecule has 0 bridgehead atoms. The van der Waals surface area contributed by atoms with Crippen molar-refractivity contribution >= 4 is 23.2 Å². The molecule has 172 valence electrons. The lowest BCUT2D eigenvalue weighted by molar-refractivity contribution is -0.137. The van der Waals surface area contributed by atoms with Crippen molar-refractivity contribution in [3.63, 3.8) is 0 Å². The van der Waals surface area contributed by atoms with E-state index in [4.69, 9.17) is 0 Å². The van der Waals surface area contributed by atoms with Gasteiger partial charge < -0.3 is 10.2 Å². The van der Waals surface area contributed by atoms with Crippen LogP contribution >= 0.6 is 0 Å². The van der Waals surface area contributed by atoms with Crippen LogP contribution < -0.4 is 10.2 Å². The predicted octanol–water partition coefficient (Wildman–Crippen LogP) is 5.87. The number of anilines is 2. The third kappa shape index (κ3) is 4.42. The average molecular weight is 455 g/mol. The minimum Gasteiger partial charge on any atom is -0.317 e. The Morgan fingerprint density at radius 1 is 1.09 bits per heavy atom. The second-order valence-corrected chi connectivity index (χ2v) is 9.13. The molecule has 0 saturated heterocycles. The van der Waals surface area contributed by atoms with Crippen molar-refractivity contribution in [3.8, 4) is 0 Å². The number of carbonyl (C=O) groups is 2. The number of alkyl halides is 3. The number of aromatic nitrogens is 1. The first-order valence-electron chi connectivity index (χ1n) is 10.6. The molecule has 0 unspecified atom stereocenters. The van der Waals surface area contributed by atoms with Gasteiger partial charge in [0.2, 0.25) is 0 Å². The minimum absolute atomic E-state index is 0.0689. The molecule has 1 aliphatic carbocycles. The maximum Gasteiger partial charge on any atom is 0.418 e. The number of para-hydroxylation sites is 1. The van der Waals surface area contributed by atoms with E-state index in [1.54, 1.807) is 25.1 Å². The summed E-state index contributed by atoms with van der Waals surface area (Å²) in [4.78, 5) is 31.7. The quantitative estimate of drug-likeness (QED) is 0.629. The normalized spacial score (nSPS) is 18.4. The Bertz CT molecular complexity index is 1180. The summed E-state index contributed by atoms with van der Waals surface area (Å²) < 4.78 is 41.7. The molecule has 1 aliphatic heterocycles. The number of hydrogen-bond acceptors (Lipinski definition) is 4. The lowest BCUT2D eigenvalue weighted by atomic mass is 9.72. The zero-order valence-electron chi connectivity index (χ0n) is 18.6.